The van der Waals surface area contributed by atoms with E-state index >= 15 is 0 Å². The van der Waals surface area contributed by atoms with Crippen LogP contribution in [-0.4, -0.2) is 50.5 Å². The first-order valence-corrected chi connectivity index (χ1v) is 13.2. The van der Waals surface area contributed by atoms with Crippen molar-refractivity contribution >= 4 is 15.9 Å². The Bertz CT molecular complexity index is 1110. The number of nitrogens with one attached hydrogen (secondary N) is 1. The first kappa shape index (κ1) is 22.2. The van der Waals surface area contributed by atoms with Gasteiger partial charge in [0.2, 0.25) is 15.9 Å². The van der Waals surface area contributed by atoms with Crippen LogP contribution in [0.5, 0.6) is 11.5 Å². The summed E-state index contributed by atoms with van der Waals surface area (Å²) in [5.74, 6) is 0.995. The van der Waals surface area contributed by atoms with Crippen molar-refractivity contribution in [1.82, 2.24) is 9.62 Å². The van der Waals surface area contributed by atoms with E-state index in [4.69, 9.17) is 9.47 Å². The Morgan fingerprint density at radius 2 is 1.76 bits per heavy atom. The van der Waals surface area contributed by atoms with Gasteiger partial charge in [-0.2, -0.15) is 4.31 Å². The first-order valence-electron chi connectivity index (χ1n) is 11.8. The molecule has 0 radical (unpaired) electrons. The molecule has 176 valence electrons. The zero-order chi connectivity index (χ0) is 22.8. The molecule has 1 N–H and O–H groups in total. The highest BCUT2D eigenvalue weighted by Crippen LogP contribution is 2.43. The number of amides is 1. The number of hydrogen-bond acceptors (Lipinski definition) is 5. The Kier molecular flexibility index (Phi) is 6.29. The van der Waals surface area contributed by atoms with Gasteiger partial charge in [0.05, 0.1) is 4.90 Å². The van der Waals surface area contributed by atoms with E-state index in [0.29, 0.717) is 44.1 Å². The van der Waals surface area contributed by atoms with Gasteiger partial charge in [0.25, 0.3) is 0 Å². The van der Waals surface area contributed by atoms with E-state index in [9.17, 15) is 13.2 Å². The van der Waals surface area contributed by atoms with Crippen molar-refractivity contribution in [3.63, 3.8) is 0 Å². The number of sulfonamides is 1. The minimum Gasteiger partial charge on any atom is -0.486 e. The average molecular weight is 471 g/mol. The molecule has 0 bridgehead atoms. The standard InChI is InChI=1S/C25H30N2O5S/c28-25(26-13-12-18-6-2-1-3-7-18)22-16-19-8-4-5-9-21(19)27(22)33(29,30)20-10-11-23-24(17-20)32-15-14-31-23/h1-3,6-7,10-11,17,19,21-22H,4-5,8-9,12-16H2,(H,26,28)/t19-,21+,22+/m1/s1. The van der Waals surface area contributed by atoms with E-state index in [1.807, 2.05) is 30.3 Å². The molecule has 33 heavy (non-hydrogen) atoms. The normalized spacial score (nSPS) is 24.8. The topological polar surface area (TPSA) is 84.9 Å². The first-order chi connectivity index (χ1) is 16.0. The molecule has 2 aromatic rings. The van der Waals surface area contributed by atoms with Crippen LogP contribution < -0.4 is 14.8 Å². The van der Waals surface area contributed by atoms with Gasteiger partial charge in [-0.15, -0.1) is 0 Å². The van der Waals surface area contributed by atoms with Gasteiger partial charge < -0.3 is 14.8 Å². The highest BCUT2D eigenvalue weighted by molar-refractivity contribution is 7.89. The Balaban J connectivity index is 1.38. The van der Waals surface area contributed by atoms with Crippen molar-refractivity contribution in [1.29, 1.82) is 0 Å². The molecule has 0 aromatic heterocycles. The van der Waals surface area contributed by atoms with E-state index < -0.39 is 16.1 Å². The second kappa shape index (κ2) is 9.35. The zero-order valence-corrected chi connectivity index (χ0v) is 19.4. The molecule has 0 unspecified atom stereocenters. The summed E-state index contributed by atoms with van der Waals surface area (Å²) in [5, 5.41) is 3.00. The van der Waals surface area contributed by atoms with Gasteiger partial charge >= 0.3 is 0 Å². The fourth-order valence-electron chi connectivity index (χ4n) is 5.39. The third-order valence-corrected chi connectivity index (χ3v) is 8.91. The van der Waals surface area contributed by atoms with Gasteiger partial charge in [-0.3, -0.25) is 4.79 Å². The van der Waals surface area contributed by atoms with Gasteiger partial charge in [0, 0.05) is 18.7 Å². The summed E-state index contributed by atoms with van der Waals surface area (Å²) in [6, 6.07) is 13.9. The molecule has 2 fully saturated rings. The lowest BCUT2D eigenvalue weighted by molar-refractivity contribution is -0.124. The molecule has 1 saturated carbocycles. The maximum atomic E-state index is 13.8. The average Bonchev–Trinajstić information content (AvgIpc) is 3.25. The van der Waals surface area contributed by atoms with Gasteiger partial charge in [-0.1, -0.05) is 43.2 Å². The fourth-order valence-corrected chi connectivity index (χ4v) is 7.28. The number of benzene rings is 2. The second-order valence-electron chi connectivity index (χ2n) is 9.03. The minimum absolute atomic E-state index is 0.137. The molecule has 1 amide bonds. The molecule has 1 saturated heterocycles. The zero-order valence-electron chi connectivity index (χ0n) is 18.6. The van der Waals surface area contributed by atoms with Crippen LogP contribution in [0, 0.1) is 5.92 Å². The van der Waals surface area contributed by atoms with Crippen molar-refractivity contribution in [2.75, 3.05) is 19.8 Å². The summed E-state index contributed by atoms with van der Waals surface area (Å²) in [5.41, 5.74) is 1.14. The monoisotopic (exact) mass is 470 g/mol. The lowest BCUT2D eigenvalue weighted by atomic mass is 9.85. The van der Waals surface area contributed by atoms with E-state index in [0.717, 1.165) is 31.2 Å². The molecule has 2 aromatic carbocycles. The molecule has 0 spiro atoms. The number of nitrogens with zero attached hydrogens (tertiary/aromatic N) is 1. The second-order valence-corrected chi connectivity index (χ2v) is 10.9. The van der Waals surface area contributed by atoms with Crippen LogP contribution in [0.15, 0.2) is 53.4 Å². The summed E-state index contributed by atoms with van der Waals surface area (Å²) in [6.45, 7) is 1.31. The number of carbonyl (C=O) groups excluding carboxylic acids is 1. The van der Waals surface area contributed by atoms with Crippen molar-refractivity contribution in [3.05, 3.63) is 54.1 Å². The van der Waals surface area contributed by atoms with Crippen molar-refractivity contribution in [3.8, 4) is 11.5 Å². The number of ether oxygens (including phenoxy) is 2. The Labute approximate surface area is 195 Å². The van der Waals surface area contributed by atoms with Gasteiger partial charge in [-0.25, -0.2) is 8.42 Å². The Hall–Kier alpha value is -2.58. The maximum Gasteiger partial charge on any atom is 0.244 e. The third-order valence-electron chi connectivity index (χ3n) is 6.98. The maximum absolute atomic E-state index is 13.8. The van der Waals surface area contributed by atoms with Gasteiger partial charge in [0.1, 0.15) is 19.3 Å². The van der Waals surface area contributed by atoms with E-state index in [-0.39, 0.29) is 22.8 Å². The number of fused-ring (bicyclic) bond motifs is 2. The highest BCUT2D eigenvalue weighted by atomic mass is 32.2. The molecule has 3 atom stereocenters. The predicted octanol–water partition coefficient (Wildman–Crippen LogP) is 3.14. The summed E-state index contributed by atoms with van der Waals surface area (Å²) < 4.78 is 40.3. The number of hydrogen-bond donors (Lipinski definition) is 1. The molecule has 7 nitrogen and oxygen atoms in total. The quantitative estimate of drug-likeness (QED) is 0.701. The Morgan fingerprint density at radius 3 is 2.58 bits per heavy atom. The Morgan fingerprint density at radius 1 is 1.00 bits per heavy atom. The molecule has 8 heteroatoms. The van der Waals surface area contributed by atoms with Crippen LogP contribution in [0.3, 0.4) is 0 Å². The molecule has 2 aliphatic heterocycles. The molecule has 5 rings (SSSR count). The summed E-state index contributed by atoms with van der Waals surface area (Å²) in [6.07, 6.45) is 5.11. The molecular weight excluding hydrogens is 440 g/mol. The van der Waals surface area contributed by atoms with E-state index in [1.54, 1.807) is 12.1 Å². The third kappa shape index (κ3) is 4.46. The summed E-state index contributed by atoms with van der Waals surface area (Å²) >= 11 is 0. The van der Waals surface area contributed by atoms with Crippen LogP contribution in [-0.2, 0) is 21.2 Å². The molecule has 1 aliphatic carbocycles. The van der Waals surface area contributed by atoms with Crippen molar-refractivity contribution in [2.24, 2.45) is 5.92 Å². The van der Waals surface area contributed by atoms with Crippen LogP contribution in [0.2, 0.25) is 0 Å². The number of rotatable bonds is 6. The minimum atomic E-state index is -3.88. The van der Waals surface area contributed by atoms with Gasteiger partial charge in [0.15, 0.2) is 11.5 Å². The predicted molar refractivity (Wildman–Crippen MR) is 124 cm³/mol. The van der Waals surface area contributed by atoms with Crippen molar-refractivity contribution < 1.29 is 22.7 Å². The fraction of sp³-hybridized carbons (Fsp3) is 0.480. The van der Waals surface area contributed by atoms with E-state index in [2.05, 4.69) is 5.32 Å². The van der Waals surface area contributed by atoms with E-state index in [1.165, 1.54) is 10.4 Å². The summed E-state index contributed by atoms with van der Waals surface area (Å²) in [4.78, 5) is 13.4. The largest absolute Gasteiger partial charge is 0.486 e. The lowest BCUT2D eigenvalue weighted by Gasteiger charge is -2.33. The van der Waals surface area contributed by atoms with Crippen LogP contribution in [0.25, 0.3) is 0 Å². The summed E-state index contributed by atoms with van der Waals surface area (Å²) in [7, 11) is -3.88. The molecular formula is C25H30N2O5S. The van der Waals surface area contributed by atoms with Crippen LogP contribution in [0.4, 0.5) is 0 Å². The number of carbonyl (C=O) groups is 1. The molecule has 3 aliphatic rings. The van der Waals surface area contributed by atoms with Crippen LogP contribution >= 0.6 is 0 Å². The van der Waals surface area contributed by atoms with Crippen molar-refractivity contribution in [2.45, 2.75) is 55.5 Å². The smallest absolute Gasteiger partial charge is 0.244 e. The molecule has 2 heterocycles. The lowest BCUT2D eigenvalue weighted by Crippen LogP contribution is -2.49. The van der Waals surface area contributed by atoms with Gasteiger partial charge in [-0.05, 0) is 49.3 Å². The van der Waals surface area contributed by atoms with Crippen LogP contribution in [0.1, 0.15) is 37.7 Å². The highest BCUT2D eigenvalue weighted by Gasteiger charge is 2.51. The SMILES string of the molecule is O=C(NCCc1ccccc1)[C@@H]1C[C@H]2CCCC[C@@H]2N1S(=O)(=O)c1ccc2c(c1)OCCO2.